The van der Waals surface area contributed by atoms with Crippen LogP contribution in [0.5, 0.6) is 0 Å². The zero-order valence-electron chi connectivity index (χ0n) is 12.6. The zero-order chi connectivity index (χ0) is 14.9. The lowest BCUT2D eigenvalue weighted by molar-refractivity contribution is -0.120. The minimum Gasteiger partial charge on any atom is -0.310 e. The molecule has 2 aliphatic heterocycles. The highest BCUT2D eigenvalue weighted by Gasteiger charge is 2.31. The average Bonchev–Trinajstić information content (AvgIpc) is 3.24. The third-order valence-electron chi connectivity index (χ3n) is 4.71. The molecule has 1 amide bonds. The molecule has 2 aromatic rings. The van der Waals surface area contributed by atoms with Gasteiger partial charge in [-0.05, 0) is 54.6 Å². The SMILES string of the molecule is O=C([C@@H]1CCCN1)N1CCc2cc(-c3ccccc3)ccc21. The number of amides is 1. The van der Waals surface area contributed by atoms with E-state index in [1.165, 1.54) is 16.7 Å². The standard InChI is InChI=1S/C19H20N2O/c22-19(17-7-4-11-20-17)21-12-10-16-13-15(8-9-18(16)21)14-5-2-1-3-6-14/h1-3,5-6,8-9,13,17,20H,4,7,10-12H2/t17-/m0/s1. The van der Waals surface area contributed by atoms with Crippen LogP contribution in [0.25, 0.3) is 11.1 Å². The van der Waals surface area contributed by atoms with Gasteiger partial charge in [0.05, 0.1) is 6.04 Å². The van der Waals surface area contributed by atoms with E-state index in [0.717, 1.165) is 38.0 Å². The molecule has 22 heavy (non-hydrogen) atoms. The summed E-state index contributed by atoms with van der Waals surface area (Å²) in [6, 6.07) is 16.9. The lowest BCUT2D eigenvalue weighted by atomic mass is 10.0. The van der Waals surface area contributed by atoms with Crippen molar-refractivity contribution in [1.82, 2.24) is 5.32 Å². The summed E-state index contributed by atoms with van der Waals surface area (Å²) in [5, 5.41) is 3.31. The summed E-state index contributed by atoms with van der Waals surface area (Å²) in [7, 11) is 0. The maximum Gasteiger partial charge on any atom is 0.244 e. The molecule has 0 aliphatic carbocycles. The quantitative estimate of drug-likeness (QED) is 0.923. The van der Waals surface area contributed by atoms with Crippen LogP contribution in [0.2, 0.25) is 0 Å². The van der Waals surface area contributed by atoms with E-state index in [4.69, 9.17) is 0 Å². The van der Waals surface area contributed by atoms with Crippen LogP contribution >= 0.6 is 0 Å². The number of nitrogens with one attached hydrogen (secondary N) is 1. The Balaban J connectivity index is 1.62. The van der Waals surface area contributed by atoms with Gasteiger partial charge < -0.3 is 10.2 Å². The van der Waals surface area contributed by atoms with Crippen LogP contribution in [0, 0.1) is 0 Å². The number of rotatable bonds is 2. The van der Waals surface area contributed by atoms with Crippen LogP contribution in [0.15, 0.2) is 48.5 Å². The fourth-order valence-electron chi connectivity index (χ4n) is 3.52. The van der Waals surface area contributed by atoms with Gasteiger partial charge in [0.25, 0.3) is 0 Å². The molecule has 0 radical (unpaired) electrons. The molecule has 0 aromatic heterocycles. The van der Waals surface area contributed by atoms with Crippen LogP contribution in [0.3, 0.4) is 0 Å². The molecule has 0 unspecified atom stereocenters. The van der Waals surface area contributed by atoms with Gasteiger partial charge in [0.2, 0.25) is 5.91 Å². The molecule has 0 saturated carbocycles. The molecular formula is C19H20N2O. The van der Waals surface area contributed by atoms with Gasteiger partial charge in [-0.2, -0.15) is 0 Å². The van der Waals surface area contributed by atoms with Gasteiger partial charge in [0.15, 0.2) is 0 Å². The first-order chi connectivity index (χ1) is 10.8. The van der Waals surface area contributed by atoms with Crippen molar-refractivity contribution in [1.29, 1.82) is 0 Å². The molecule has 0 spiro atoms. The lowest BCUT2D eigenvalue weighted by Crippen LogP contribution is -2.42. The normalized spacial score (nSPS) is 20.2. The first-order valence-corrected chi connectivity index (χ1v) is 8.06. The molecule has 0 bridgehead atoms. The monoisotopic (exact) mass is 292 g/mol. The second-order valence-corrected chi connectivity index (χ2v) is 6.10. The van der Waals surface area contributed by atoms with E-state index in [2.05, 4.69) is 47.8 Å². The number of fused-ring (bicyclic) bond motifs is 1. The summed E-state index contributed by atoms with van der Waals surface area (Å²) in [6.07, 6.45) is 3.02. The first kappa shape index (κ1) is 13.5. The number of hydrogen-bond acceptors (Lipinski definition) is 2. The Kier molecular flexibility index (Phi) is 3.43. The van der Waals surface area contributed by atoms with Gasteiger partial charge in [-0.15, -0.1) is 0 Å². The number of carbonyl (C=O) groups is 1. The highest BCUT2D eigenvalue weighted by Crippen LogP contribution is 2.33. The van der Waals surface area contributed by atoms with Gasteiger partial charge in [-0.3, -0.25) is 4.79 Å². The average molecular weight is 292 g/mol. The number of benzene rings is 2. The smallest absolute Gasteiger partial charge is 0.244 e. The molecule has 1 fully saturated rings. The third kappa shape index (κ3) is 2.32. The lowest BCUT2D eigenvalue weighted by Gasteiger charge is -2.21. The Labute approximate surface area is 131 Å². The summed E-state index contributed by atoms with van der Waals surface area (Å²) in [6.45, 7) is 1.77. The Hall–Kier alpha value is -2.13. The maximum absolute atomic E-state index is 12.6. The zero-order valence-corrected chi connectivity index (χ0v) is 12.6. The molecule has 2 aliphatic rings. The highest BCUT2D eigenvalue weighted by molar-refractivity contribution is 5.99. The summed E-state index contributed by atoms with van der Waals surface area (Å²) in [5.74, 6) is 0.240. The molecule has 2 heterocycles. The van der Waals surface area contributed by atoms with Crippen molar-refractivity contribution >= 4 is 11.6 Å². The van der Waals surface area contributed by atoms with Crippen molar-refractivity contribution in [2.45, 2.75) is 25.3 Å². The van der Waals surface area contributed by atoms with E-state index in [1.54, 1.807) is 0 Å². The summed E-state index contributed by atoms with van der Waals surface area (Å²) in [5.41, 5.74) is 4.84. The highest BCUT2D eigenvalue weighted by atomic mass is 16.2. The van der Waals surface area contributed by atoms with Gasteiger partial charge in [0, 0.05) is 12.2 Å². The molecule has 1 atom stereocenters. The van der Waals surface area contributed by atoms with Crippen molar-refractivity contribution < 1.29 is 4.79 Å². The van der Waals surface area contributed by atoms with E-state index >= 15 is 0 Å². The predicted octanol–water partition coefficient (Wildman–Crippen LogP) is 2.99. The van der Waals surface area contributed by atoms with Crippen LogP contribution in [-0.2, 0) is 11.2 Å². The number of hydrogen-bond donors (Lipinski definition) is 1. The summed E-state index contributed by atoms with van der Waals surface area (Å²) in [4.78, 5) is 14.6. The molecule has 2 aromatic carbocycles. The van der Waals surface area contributed by atoms with Gasteiger partial charge in [-0.25, -0.2) is 0 Å². The van der Waals surface area contributed by atoms with E-state index in [-0.39, 0.29) is 11.9 Å². The Bertz CT molecular complexity index is 690. The van der Waals surface area contributed by atoms with E-state index in [0.29, 0.717) is 0 Å². The van der Waals surface area contributed by atoms with Gasteiger partial charge in [0.1, 0.15) is 0 Å². The third-order valence-corrected chi connectivity index (χ3v) is 4.71. The van der Waals surface area contributed by atoms with Crippen LogP contribution < -0.4 is 10.2 Å². The maximum atomic E-state index is 12.6. The van der Waals surface area contributed by atoms with Gasteiger partial charge >= 0.3 is 0 Å². The molecule has 3 heteroatoms. The summed E-state index contributed by atoms with van der Waals surface area (Å²) >= 11 is 0. The van der Waals surface area contributed by atoms with Crippen molar-refractivity contribution in [2.24, 2.45) is 0 Å². The van der Waals surface area contributed by atoms with Crippen LogP contribution in [-0.4, -0.2) is 25.0 Å². The molecule has 4 rings (SSSR count). The van der Waals surface area contributed by atoms with E-state index in [1.807, 2.05) is 11.0 Å². The van der Waals surface area contributed by atoms with Crippen molar-refractivity contribution in [2.75, 3.05) is 18.0 Å². The van der Waals surface area contributed by atoms with Crippen LogP contribution in [0.1, 0.15) is 18.4 Å². The fourth-order valence-corrected chi connectivity index (χ4v) is 3.52. The molecule has 3 nitrogen and oxygen atoms in total. The minimum absolute atomic E-state index is 0.0137. The van der Waals surface area contributed by atoms with E-state index in [9.17, 15) is 4.79 Å². The molecule has 1 saturated heterocycles. The largest absolute Gasteiger partial charge is 0.310 e. The fraction of sp³-hybridized carbons (Fsp3) is 0.316. The first-order valence-electron chi connectivity index (χ1n) is 8.06. The topological polar surface area (TPSA) is 32.3 Å². The molecular weight excluding hydrogens is 272 g/mol. The second-order valence-electron chi connectivity index (χ2n) is 6.10. The summed E-state index contributed by atoms with van der Waals surface area (Å²) < 4.78 is 0. The minimum atomic E-state index is 0.0137. The van der Waals surface area contributed by atoms with Gasteiger partial charge in [-0.1, -0.05) is 36.4 Å². The molecule has 112 valence electrons. The van der Waals surface area contributed by atoms with Crippen molar-refractivity contribution in [3.63, 3.8) is 0 Å². The number of anilines is 1. The number of nitrogens with zero attached hydrogens (tertiary/aromatic N) is 1. The van der Waals surface area contributed by atoms with E-state index < -0.39 is 0 Å². The number of carbonyl (C=O) groups excluding carboxylic acids is 1. The van der Waals surface area contributed by atoms with Crippen LogP contribution in [0.4, 0.5) is 5.69 Å². The Morgan fingerprint density at radius 1 is 1.09 bits per heavy atom. The van der Waals surface area contributed by atoms with Crippen molar-refractivity contribution in [3.8, 4) is 11.1 Å². The second kappa shape index (κ2) is 5.58. The predicted molar refractivity (Wildman–Crippen MR) is 89.0 cm³/mol. The molecule has 1 N–H and O–H groups in total. The Morgan fingerprint density at radius 3 is 2.73 bits per heavy atom. The Morgan fingerprint density at radius 2 is 1.95 bits per heavy atom. The van der Waals surface area contributed by atoms with Crippen molar-refractivity contribution in [3.05, 3.63) is 54.1 Å².